The van der Waals surface area contributed by atoms with Crippen molar-refractivity contribution in [2.45, 2.75) is 46.2 Å². The van der Waals surface area contributed by atoms with Gasteiger partial charge >= 0.3 is 6.09 Å². The van der Waals surface area contributed by atoms with E-state index in [9.17, 15) is 14.4 Å². The highest BCUT2D eigenvalue weighted by Crippen LogP contribution is 2.36. The fraction of sp³-hybridized carbons (Fsp3) is 0.531. The summed E-state index contributed by atoms with van der Waals surface area (Å²) in [5.41, 5.74) is 3.15. The number of piperidine rings is 1. The molecule has 2 aromatic heterocycles. The molecule has 44 heavy (non-hydrogen) atoms. The lowest BCUT2D eigenvalue weighted by Crippen LogP contribution is -2.40. The molecule has 4 rings (SSSR count). The number of amides is 2. The second kappa shape index (κ2) is 15.7. The highest BCUT2D eigenvalue weighted by Gasteiger charge is 2.31. The van der Waals surface area contributed by atoms with Crippen molar-refractivity contribution in [3.05, 3.63) is 63.2 Å². The largest absolute Gasteiger partial charge is 0.496 e. The number of rotatable bonds is 14. The Hall–Kier alpha value is -3.87. The number of nitrogens with zero attached hydrogens (tertiary/aromatic N) is 2. The van der Waals surface area contributed by atoms with Crippen molar-refractivity contribution < 1.29 is 33.6 Å². The SMILES string of the molecule is COc1cc(C)[nH]c(=O)c1CNC(=O)c1c(C)n([C@H](C)C2CCN(C(=O)OCCOCCOCCO)CC2)c2ccccc12. The predicted molar refractivity (Wildman–Crippen MR) is 165 cm³/mol. The number of hydrogen-bond donors (Lipinski definition) is 3. The van der Waals surface area contributed by atoms with E-state index >= 15 is 0 Å². The molecule has 240 valence electrons. The molecular weight excluding hydrogens is 568 g/mol. The van der Waals surface area contributed by atoms with Crippen LogP contribution < -0.4 is 15.6 Å². The van der Waals surface area contributed by atoms with Crippen LogP contribution in [0.5, 0.6) is 5.75 Å². The van der Waals surface area contributed by atoms with E-state index in [2.05, 4.69) is 21.8 Å². The van der Waals surface area contributed by atoms with Gasteiger partial charge in [-0.25, -0.2) is 4.79 Å². The Balaban J connectivity index is 1.38. The van der Waals surface area contributed by atoms with Crippen LogP contribution in [0.15, 0.2) is 35.1 Å². The van der Waals surface area contributed by atoms with Crippen LogP contribution in [0.3, 0.4) is 0 Å². The zero-order chi connectivity index (χ0) is 31.6. The zero-order valence-corrected chi connectivity index (χ0v) is 26.0. The number of aromatic nitrogens is 2. The van der Waals surface area contributed by atoms with Gasteiger partial charge in [-0.15, -0.1) is 0 Å². The number of aromatic amines is 1. The van der Waals surface area contributed by atoms with Gasteiger partial charge in [0.25, 0.3) is 11.5 Å². The Bertz CT molecular complexity index is 1470. The summed E-state index contributed by atoms with van der Waals surface area (Å²) in [6.45, 7) is 8.56. The number of fused-ring (bicyclic) bond motifs is 1. The molecule has 3 aromatic rings. The molecule has 3 N–H and O–H groups in total. The van der Waals surface area contributed by atoms with E-state index in [1.807, 2.05) is 31.2 Å². The lowest BCUT2D eigenvalue weighted by molar-refractivity contribution is 0.0123. The number of carbonyl (C=O) groups excluding carboxylic acids is 2. The molecular formula is C32H44N4O8. The van der Waals surface area contributed by atoms with Gasteiger partial charge in [0.1, 0.15) is 12.4 Å². The summed E-state index contributed by atoms with van der Waals surface area (Å²) in [5, 5.41) is 12.5. The van der Waals surface area contributed by atoms with Crippen LogP contribution in [0.1, 0.15) is 53.1 Å². The second-order valence-corrected chi connectivity index (χ2v) is 11.0. The Morgan fingerprint density at radius 2 is 1.75 bits per heavy atom. The summed E-state index contributed by atoms with van der Waals surface area (Å²) in [4.78, 5) is 43.2. The van der Waals surface area contributed by atoms with Crippen molar-refractivity contribution in [3.8, 4) is 5.75 Å². The number of para-hydroxylation sites is 1. The number of H-pyrrole nitrogens is 1. The minimum absolute atomic E-state index is 0.0254. The summed E-state index contributed by atoms with van der Waals surface area (Å²) in [6.07, 6.45) is 1.26. The van der Waals surface area contributed by atoms with E-state index in [0.717, 1.165) is 29.4 Å². The van der Waals surface area contributed by atoms with E-state index < -0.39 is 0 Å². The van der Waals surface area contributed by atoms with Crippen LogP contribution in [0.25, 0.3) is 10.9 Å². The topological polar surface area (TPSA) is 144 Å². The first kappa shape index (κ1) is 33.0. The lowest BCUT2D eigenvalue weighted by atomic mass is 9.90. The number of aliphatic hydroxyl groups is 1. The predicted octanol–water partition coefficient (Wildman–Crippen LogP) is 3.32. The molecule has 1 aromatic carbocycles. The maximum Gasteiger partial charge on any atom is 0.409 e. The highest BCUT2D eigenvalue weighted by atomic mass is 16.6. The minimum atomic E-state index is -0.346. The van der Waals surface area contributed by atoms with Gasteiger partial charge in [0.05, 0.1) is 57.8 Å². The molecule has 1 saturated heterocycles. The molecule has 0 spiro atoms. The van der Waals surface area contributed by atoms with Crippen molar-refractivity contribution >= 4 is 22.9 Å². The van der Waals surface area contributed by atoms with E-state index in [0.29, 0.717) is 54.8 Å². The van der Waals surface area contributed by atoms with E-state index in [4.69, 9.17) is 24.1 Å². The molecule has 0 saturated carbocycles. The molecule has 12 nitrogen and oxygen atoms in total. The molecule has 0 radical (unpaired) electrons. The Kier molecular flexibility index (Phi) is 11.8. The normalized spacial score (nSPS) is 14.5. The second-order valence-electron chi connectivity index (χ2n) is 11.0. The average molecular weight is 613 g/mol. The number of methoxy groups -OCH3 is 1. The maximum atomic E-state index is 13.6. The molecule has 1 aliphatic heterocycles. The third-order valence-electron chi connectivity index (χ3n) is 8.21. The van der Waals surface area contributed by atoms with Gasteiger partial charge in [0.2, 0.25) is 0 Å². The fourth-order valence-corrected chi connectivity index (χ4v) is 5.94. The van der Waals surface area contributed by atoms with E-state index in [-0.39, 0.29) is 56.6 Å². The smallest absolute Gasteiger partial charge is 0.409 e. The lowest BCUT2D eigenvalue weighted by Gasteiger charge is -2.35. The van der Waals surface area contributed by atoms with Gasteiger partial charge in [-0.3, -0.25) is 9.59 Å². The van der Waals surface area contributed by atoms with Crippen LogP contribution in [0.4, 0.5) is 4.79 Å². The number of nitrogens with one attached hydrogen (secondary N) is 2. The number of aliphatic hydroxyl groups excluding tert-OH is 1. The van der Waals surface area contributed by atoms with Crippen LogP contribution in [0, 0.1) is 19.8 Å². The van der Waals surface area contributed by atoms with Crippen LogP contribution in [-0.4, -0.2) is 91.4 Å². The summed E-state index contributed by atoms with van der Waals surface area (Å²) < 4.78 is 23.5. The van der Waals surface area contributed by atoms with Gasteiger partial charge in [-0.1, -0.05) is 18.2 Å². The van der Waals surface area contributed by atoms with Gasteiger partial charge in [0, 0.05) is 41.4 Å². The number of likely N-dealkylation sites (tertiary alicyclic amines) is 1. The van der Waals surface area contributed by atoms with Crippen LogP contribution in [0.2, 0.25) is 0 Å². The van der Waals surface area contributed by atoms with Gasteiger partial charge in [0.15, 0.2) is 0 Å². The molecule has 12 heteroatoms. The molecule has 3 heterocycles. The molecule has 0 unspecified atom stereocenters. The average Bonchev–Trinajstić information content (AvgIpc) is 3.32. The summed E-state index contributed by atoms with van der Waals surface area (Å²) >= 11 is 0. The van der Waals surface area contributed by atoms with Crippen molar-refractivity contribution in [1.82, 2.24) is 19.8 Å². The number of ether oxygens (including phenoxy) is 4. The van der Waals surface area contributed by atoms with Crippen molar-refractivity contribution in [3.63, 3.8) is 0 Å². The number of hydrogen-bond acceptors (Lipinski definition) is 8. The number of carbonyl (C=O) groups is 2. The molecule has 1 fully saturated rings. The van der Waals surface area contributed by atoms with E-state index in [1.54, 1.807) is 17.9 Å². The van der Waals surface area contributed by atoms with Gasteiger partial charge in [-0.05, 0) is 51.7 Å². The molecule has 0 bridgehead atoms. The molecule has 0 aliphatic carbocycles. The Morgan fingerprint density at radius 3 is 2.45 bits per heavy atom. The van der Waals surface area contributed by atoms with E-state index in [1.165, 1.54) is 7.11 Å². The number of benzene rings is 1. The summed E-state index contributed by atoms with van der Waals surface area (Å²) in [7, 11) is 1.50. The van der Waals surface area contributed by atoms with Gasteiger partial charge < -0.3 is 43.8 Å². The monoisotopic (exact) mass is 612 g/mol. The first-order valence-electron chi connectivity index (χ1n) is 15.1. The third-order valence-corrected chi connectivity index (χ3v) is 8.21. The van der Waals surface area contributed by atoms with Crippen LogP contribution in [-0.2, 0) is 20.8 Å². The first-order valence-corrected chi connectivity index (χ1v) is 15.1. The Labute approximate surface area is 257 Å². The number of aryl methyl sites for hydroxylation is 1. The minimum Gasteiger partial charge on any atom is -0.496 e. The van der Waals surface area contributed by atoms with Gasteiger partial charge in [-0.2, -0.15) is 0 Å². The Morgan fingerprint density at radius 1 is 1.07 bits per heavy atom. The first-order chi connectivity index (χ1) is 21.3. The quantitative estimate of drug-likeness (QED) is 0.235. The van der Waals surface area contributed by atoms with Crippen molar-refractivity contribution in [2.75, 3.05) is 59.8 Å². The fourth-order valence-electron chi connectivity index (χ4n) is 5.94. The standard InChI is InChI=1S/C32H44N4O8/c1-21-19-28(41-4)26(30(38)34-21)20-33-31(39)29-23(3)36(27-8-6-5-7-25(27)29)22(2)24-9-11-35(12-10-24)32(40)44-18-17-43-16-15-42-14-13-37/h5-8,19,22,24,37H,9-18,20H2,1-4H3,(H,33,39)(H,34,38)/t22-/m1/s1. The molecule has 1 aliphatic rings. The van der Waals surface area contributed by atoms with Crippen molar-refractivity contribution in [2.24, 2.45) is 5.92 Å². The van der Waals surface area contributed by atoms with Crippen molar-refractivity contribution in [1.29, 1.82) is 0 Å². The number of pyridine rings is 1. The summed E-state index contributed by atoms with van der Waals surface area (Å²) in [6, 6.07) is 9.68. The molecule has 1 atom stereocenters. The highest BCUT2D eigenvalue weighted by molar-refractivity contribution is 6.08. The molecule has 2 amide bonds. The maximum absolute atomic E-state index is 13.6. The summed E-state index contributed by atoms with van der Waals surface area (Å²) in [5.74, 6) is 0.469. The van der Waals surface area contributed by atoms with Crippen LogP contribution >= 0.6 is 0 Å². The third kappa shape index (κ3) is 7.79. The zero-order valence-electron chi connectivity index (χ0n) is 26.0.